The Bertz CT molecular complexity index is 263. The molecule has 0 fully saturated rings. The van der Waals surface area contributed by atoms with E-state index in [0.29, 0.717) is 0 Å². The number of hydrogen-bond acceptors (Lipinski definition) is 3. The molecule has 1 rings (SSSR count). The maximum Gasteiger partial charge on any atom is 0.0724 e. The molecule has 70 valence electrons. The summed E-state index contributed by atoms with van der Waals surface area (Å²) in [5, 5.41) is 3.25. The van der Waals surface area contributed by atoms with Crippen LogP contribution in [-0.4, -0.2) is 16.5 Å². The molecule has 1 N–H and O–H groups in total. The predicted molar refractivity (Wildman–Crippen MR) is 53.2 cm³/mol. The molecular formula is C10H15N3. The highest BCUT2D eigenvalue weighted by molar-refractivity contribution is 4.97. The molecule has 13 heavy (non-hydrogen) atoms. The van der Waals surface area contributed by atoms with Gasteiger partial charge in [0.1, 0.15) is 0 Å². The number of rotatable bonds is 4. The number of hydrogen-bond donors (Lipinski definition) is 1. The molecule has 0 atom stereocenters. The standard InChI is InChI=1S/C10H15N3/c1-9(2)3-4-11-7-10-8-12-5-6-13-10/h3,5-6,8,11H,4,7H2,1-2H3. The van der Waals surface area contributed by atoms with Crippen LogP contribution in [0.3, 0.4) is 0 Å². The van der Waals surface area contributed by atoms with Crippen molar-refractivity contribution in [3.63, 3.8) is 0 Å². The van der Waals surface area contributed by atoms with Crippen LogP contribution in [0.1, 0.15) is 19.5 Å². The van der Waals surface area contributed by atoms with E-state index in [-0.39, 0.29) is 0 Å². The molecule has 0 aromatic carbocycles. The van der Waals surface area contributed by atoms with E-state index in [1.54, 1.807) is 18.6 Å². The average molecular weight is 177 g/mol. The van der Waals surface area contributed by atoms with Gasteiger partial charge in [-0.05, 0) is 13.8 Å². The van der Waals surface area contributed by atoms with E-state index in [1.165, 1.54) is 5.57 Å². The molecule has 0 unspecified atom stereocenters. The largest absolute Gasteiger partial charge is 0.308 e. The maximum atomic E-state index is 4.15. The number of allylic oxidation sites excluding steroid dienone is 1. The van der Waals surface area contributed by atoms with Crippen LogP contribution in [0.4, 0.5) is 0 Å². The third-order valence-corrected chi connectivity index (χ3v) is 1.58. The average Bonchev–Trinajstić information content (AvgIpc) is 2.14. The Labute approximate surface area is 78.9 Å². The van der Waals surface area contributed by atoms with Crippen molar-refractivity contribution in [3.8, 4) is 0 Å². The van der Waals surface area contributed by atoms with Gasteiger partial charge in [0.2, 0.25) is 0 Å². The molecule has 0 saturated heterocycles. The third kappa shape index (κ3) is 4.38. The van der Waals surface area contributed by atoms with Crippen molar-refractivity contribution in [3.05, 3.63) is 35.9 Å². The zero-order chi connectivity index (χ0) is 9.52. The molecule has 0 aliphatic rings. The molecule has 0 aliphatic carbocycles. The monoisotopic (exact) mass is 177 g/mol. The molecular weight excluding hydrogens is 162 g/mol. The number of nitrogens with zero attached hydrogens (tertiary/aromatic N) is 2. The molecule has 0 aliphatic heterocycles. The summed E-state index contributed by atoms with van der Waals surface area (Å²) in [4.78, 5) is 8.13. The minimum Gasteiger partial charge on any atom is -0.308 e. The van der Waals surface area contributed by atoms with Gasteiger partial charge in [0.15, 0.2) is 0 Å². The highest BCUT2D eigenvalue weighted by Crippen LogP contribution is 1.89. The summed E-state index contributed by atoms with van der Waals surface area (Å²) in [5.74, 6) is 0. The molecule has 0 spiro atoms. The van der Waals surface area contributed by atoms with Crippen molar-refractivity contribution in [2.45, 2.75) is 20.4 Å². The smallest absolute Gasteiger partial charge is 0.0724 e. The van der Waals surface area contributed by atoms with E-state index in [4.69, 9.17) is 0 Å². The second kappa shape index (κ2) is 5.43. The lowest BCUT2D eigenvalue weighted by Crippen LogP contribution is -2.14. The normalized spacial score (nSPS) is 9.69. The summed E-state index contributed by atoms with van der Waals surface area (Å²) in [6, 6.07) is 0. The van der Waals surface area contributed by atoms with E-state index in [0.717, 1.165) is 18.8 Å². The van der Waals surface area contributed by atoms with Gasteiger partial charge in [0.05, 0.1) is 5.69 Å². The Morgan fingerprint density at radius 3 is 2.92 bits per heavy atom. The summed E-state index contributed by atoms with van der Waals surface area (Å²) < 4.78 is 0. The van der Waals surface area contributed by atoms with Crippen molar-refractivity contribution >= 4 is 0 Å². The quantitative estimate of drug-likeness (QED) is 0.560. The lowest BCUT2D eigenvalue weighted by Gasteiger charge is -2.00. The van der Waals surface area contributed by atoms with Gasteiger partial charge in [-0.25, -0.2) is 0 Å². The Hall–Kier alpha value is -1.22. The van der Waals surface area contributed by atoms with Crippen LogP contribution in [0.2, 0.25) is 0 Å². The minimum atomic E-state index is 0.775. The molecule has 3 heteroatoms. The second-order valence-electron chi connectivity index (χ2n) is 3.11. The Morgan fingerprint density at radius 1 is 1.46 bits per heavy atom. The van der Waals surface area contributed by atoms with Crippen LogP contribution in [0.25, 0.3) is 0 Å². The van der Waals surface area contributed by atoms with Crippen LogP contribution in [0.5, 0.6) is 0 Å². The fourth-order valence-electron chi connectivity index (χ4n) is 0.898. The summed E-state index contributed by atoms with van der Waals surface area (Å²) in [7, 11) is 0. The van der Waals surface area contributed by atoms with Gasteiger partial charge >= 0.3 is 0 Å². The zero-order valence-electron chi connectivity index (χ0n) is 8.12. The summed E-state index contributed by atoms with van der Waals surface area (Å²) >= 11 is 0. The Morgan fingerprint density at radius 2 is 2.31 bits per heavy atom. The SMILES string of the molecule is CC(C)=CCNCc1cnccn1. The number of nitrogens with one attached hydrogen (secondary N) is 1. The summed E-state index contributed by atoms with van der Waals surface area (Å²) in [6.07, 6.45) is 7.31. The van der Waals surface area contributed by atoms with Crippen LogP contribution < -0.4 is 5.32 Å². The van der Waals surface area contributed by atoms with Gasteiger partial charge in [0, 0.05) is 31.7 Å². The van der Waals surface area contributed by atoms with Crippen LogP contribution >= 0.6 is 0 Å². The van der Waals surface area contributed by atoms with Crippen LogP contribution in [0, 0.1) is 0 Å². The molecule has 0 saturated carbocycles. The lowest BCUT2D eigenvalue weighted by atomic mass is 10.3. The van der Waals surface area contributed by atoms with Gasteiger partial charge in [-0.15, -0.1) is 0 Å². The van der Waals surface area contributed by atoms with Crippen molar-refractivity contribution in [2.75, 3.05) is 6.54 Å². The molecule has 0 bridgehead atoms. The van der Waals surface area contributed by atoms with E-state index in [1.807, 2.05) is 0 Å². The van der Waals surface area contributed by atoms with E-state index >= 15 is 0 Å². The van der Waals surface area contributed by atoms with E-state index in [9.17, 15) is 0 Å². The van der Waals surface area contributed by atoms with Gasteiger partial charge in [-0.2, -0.15) is 0 Å². The zero-order valence-corrected chi connectivity index (χ0v) is 8.12. The van der Waals surface area contributed by atoms with Crippen molar-refractivity contribution in [1.82, 2.24) is 15.3 Å². The third-order valence-electron chi connectivity index (χ3n) is 1.58. The van der Waals surface area contributed by atoms with Crippen molar-refractivity contribution in [2.24, 2.45) is 0 Å². The van der Waals surface area contributed by atoms with Gasteiger partial charge in [-0.3, -0.25) is 9.97 Å². The first-order valence-electron chi connectivity index (χ1n) is 4.38. The van der Waals surface area contributed by atoms with Crippen LogP contribution in [-0.2, 0) is 6.54 Å². The first kappa shape index (κ1) is 9.86. The molecule has 0 amide bonds. The van der Waals surface area contributed by atoms with Gasteiger partial charge in [-0.1, -0.05) is 11.6 Å². The van der Waals surface area contributed by atoms with Gasteiger partial charge < -0.3 is 5.32 Å². The van der Waals surface area contributed by atoms with Crippen molar-refractivity contribution in [1.29, 1.82) is 0 Å². The van der Waals surface area contributed by atoms with Gasteiger partial charge in [0.25, 0.3) is 0 Å². The predicted octanol–water partition coefficient (Wildman–Crippen LogP) is 1.53. The maximum absolute atomic E-state index is 4.15. The van der Waals surface area contributed by atoms with E-state index < -0.39 is 0 Å². The van der Waals surface area contributed by atoms with E-state index in [2.05, 4.69) is 35.2 Å². The molecule has 1 heterocycles. The Kier molecular flexibility index (Phi) is 4.12. The summed E-state index contributed by atoms with van der Waals surface area (Å²) in [5.41, 5.74) is 2.30. The molecule has 1 aromatic rings. The molecule has 1 aromatic heterocycles. The fraction of sp³-hybridized carbons (Fsp3) is 0.400. The van der Waals surface area contributed by atoms with Crippen LogP contribution in [0.15, 0.2) is 30.2 Å². The van der Waals surface area contributed by atoms with Crippen molar-refractivity contribution < 1.29 is 0 Å². The summed E-state index contributed by atoms with van der Waals surface area (Å²) in [6.45, 7) is 5.84. The topological polar surface area (TPSA) is 37.8 Å². The first-order valence-corrected chi connectivity index (χ1v) is 4.38. The highest BCUT2D eigenvalue weighted by atomic mass is 14.9. The first-order chi connectivity index (χ1) is 6.29. The fourth-order valence-corrected chi connectivity index (χ4v) is 0.898. The highest BCUT2D eigenvalue weighted by Gasteiger charge is 1.90. The molecule has 0 radical (unpaired) electrons. The number of aromatic nitrogens is 2. The molecule has 3 nitrogen and oxygen atoms in total. The lowest BCUT2D eigenvalue weighted by molar-refractivity contribution is 0.733. The minimum absolute atomic E-state index is 0.775. The second-order valence-corrected chi connectivity index (χ2v) is 3.11. The Balaban J connectivity index is 2.25.